The lowest BCUT2D eigenvalue weighted by atomic mass is 9.94. The molecular formula is C18H20O5. The zero-order valence-electron chi connectivity index (χ0n) is 13.3. The fourth-order valence-electron chi connectivity index (χ4n) is 2.40. The van der Waals surface area contributed by atoms with Gasteiger partial charge in [0.25, 0.3) is 0 Å². The van der Waals surface area contributed by atoms with E-state index in [1.807, 2.05) is 19.9 Å². The van der Waals surface area contributed by atoms with Crippen LogP contribution in [0, 0.1) is 0 Å². The smallest absolute Gasteiger partial charge is 0.204 e. The number of benzene rings is 2. The summed E-state index contributed by atoms with van der Waals surface area (Å²) >= 11 is 0. The van der Waals surface area contributed by atoms with E-state index in [4.69, 9.17) is 4.74 Å². The zero-order chi connectivity index (χ0) is 17.1. The van der Waals surface area contributed by atoms with E-state index >= 15 is 0 Å². The van der Waals surface area contributed by atoms with Crippen molar-refractivity contribution in [2.24, 2.45) is 0 Å². The highest BCUT2D eigenvalue weighted by atomic mass is 16.5. The van der Waals surface area contributed by atoms with Gasteiger partial charge in [-0.25, -0.2) is 0 Å². The molecule has 122 valence electrons. The van der Waals surface area contributed by atoms with E-state index in [0.29, 0.717) is 23.1 Å². The predicted octanol–water partition coefficient (Wildman–Crippen LogP) is 3.69. The monoisotopic (exact) mass is 316 g/mol. The van der Waals surface area contributed by atoms with Crippen LogP contribution in [0.1, 0.15) is 19.4 Å². The molecule has 0 aliphatic heterocycles. The Morgan fingerprint density at radius 2 is 1.57 bits per heavy atom. The van der Waals surface area contributed by atoms with Gasteiger partial charge in [0.2, 0.25) is 11.5 Å². The first kappa shape index (κ1) is 16.5. The third-order valence-electron chi connectivity index (χ3n) is 3.55. The molecule has 2 rings (SSSR count). The molecule has 0 saturated heterocycles. The first-order chi connectivity index (χ1) is 10.9. The maximum atomic E-state index is 10.3. The molecule has 0 aliphatic carbocycles. The molecule has 0 spiro atoms. The molecule has 0 atom stereocenters. The molecule has 2 aromatic rings. The molecule has 2 aromatic carbocycles. The Hall–Kier alpha value is -2.82. The molecule has 0 unspecified atom stereocenters. The molecule has 0 radical (unpaired) electrons. The normalized spacial score (nSPS) is 10.4. The molecule has 0 fully saturated rings. The Kier molecular flexibility index (Phi) is 4.69. The topological polar surface area (TPSA) is 90.2 Å². The van der Waals surface area contributed by atoms with E-state index in [0.717, 1.165) is 5.57 Å². The van der Waals surface area contributed by atoms with Gasteiger partial charge in [0, 0.05) is 11.1 Å². The van der Waals surface area contributed by atoms with Crippen molar-refractivity contribution in [3.8, 4) is 39.9 Å². The Morgan fingerprint density at radius 1 is 0.957 bits per heavy atom. The van der Waals surface area contributed by atoms with Gasteiger partial charge >= 0.3 is 0 Å². The number of phenolic OH excluding ortho intramolecular Hbond substituents is 4. The number of phenols is 4. The summed E-state index contributed by atoms with van der Waals surface area (Å²) in [6, 6.07) is 6.20. The van der Waals surface area contributed by atoms with E-state index in [9.17, 15) is 20.4 Å². The molecule has 0 aliphatic rings. The highest BCUT2D eigenvalue weighted by Gasteiger charge is 2.24. The average Bonchev–Trinajstić information content (AvgIpc) is 2.52. The van der Waals surface area contributed by atoms with Crippen molar-refractivity contribution in [1.29, 1.82) is 0 Å². The fourth-order valence-corrected chi connectivity index (χ4v) is 2.40. The second-order valence-electron chi connectivity index (χ2n) is 5.47. The molecular weight excluding hydrogens is 296 g/mol. The summed E-state index contributed by atoms with van der Waals surface area (Å²) in [5, 5.41) is 39.8. The van der Waals surface area contributed by atoms with Crippen molar-refractivity contribution in [2.45, 2.75) is 20.3 Å². The van der Waals surface area contributed by atoms with E-state index < -0.39 is 17.2 Å². The van der Waals surface area contributed by atoms with Crippen molar-refractivity contribution >= 4 is 0 Å². The summed E-state index contributed by atoms with van der Waals surface area (Å²) in [7, 11) is 1.39. The Morgan fingerprint density at radius 3 is 2.09 bits per heavy atom. The van der Waals surface area contributed by atoms with Gasteiger partial charge in [0.1, 0.15) is 5.75 Å². The standard InChI is InChI=1S/C18H20O5/c1-10(2)4-9-13-14(11-5-7-12(19)8-6-11)15(20)16(21)17(22)18(13)23-3/h4-8,19-22H,9H2,1-3H3. The maximum absolute atomic E-state index is 10.3. The van der Waals surface area contributed by atoms with Crippen LogP contribution in [0.4, 0.5) is 0 Å². The van der Waals surface area contributed by atoms with Crippen LogP contribution in [-0.4, -0.2) is 27.5 Å². The molecule has 23 heavy (non-hydrogen) atoms. The number of rotatable bonds is 4. The minimum absolute atomic E-state index is 0.0917. The first-order valence-corrected chi connectivity index (χ1v) is 7.13. The third kappa shape index (κ3) is 3.18. The Labute approximate surface area is 134 Å². The molecule has 5 heteroatoms. The molecule has 0 aromatic heterocycles. The summed E-state index contributed by atoms with van der Waals surface area (Å²) in [5.41, 5.74) is 2.56. The van der Waals surface area contributed by atoms with Crippen molar-refractivity contribution in [2.75, 3.05) is 7.11 Å². The van der Waals surface area contributed by atoms with Gasteiger partial charge in [-0.3, -0.25) is 0 Å². The van der Waals surface area contributed by atoms with Gasteiger partial charge in [-0.2, -0.15) is 0 Å². The van der Waals surface area contributed by atoms with Crippen molar-refractivity contribution in [3.05, 3.63) is 41.5 Å². The highest BCUT2D eigenvalue weighted by molar-refractivity contribution is 5.83. The Balaban J connectivity index is 2.78. The van der Waals surface area contributed by atoms with Gasteiger partial charge in [0.05, 0.1) is 7.11 Å². The molecule has 0 saturated carbocycles. The first-order valence-electron chi connectivity index (χ1n) is 7.13. The molecule has 0 amide bonds. The number of hydrogen-bond donors (Lipinski definition) is 4. The lowest BCUT2D eigenvalue weighted by molar-refractivity contribution is 0.334. The van der Waals surface area contributed by atoms with Gasteiger partial charge in [-0.15, -0.1) is 0 Å². The van der Waals surface area contributed by atoms with Crippen molar-refractivity contribution in [1.82, 2.24) is 0 Å². The molecule has 5 nitrogen and oxygen atoms in total. The summed E-state index contributed by atoms with van der Waals surface area (Å²) in [6.45, 7) is 3.87. The van der Waals surface area contributed by atoms with Crippen LogP contribution >= 0.6 is 0 Å². The van der Waals surface area contributed by atoms with Crippen molar-refractivity contribution in [3.63, 3.8) is 0 Å². The number of methoxy groups -OCH3 is 1. The lowest BCUT2D eigenvalue weighted by Gasteiger charge is -2.18. The number of allylic oxidation sites excluding steroid dienone is 2. The van der Waals surface area contributed by atoms with E-state index in [2.05, 4.69) is 0 Å². The average molecular weight is 316 g/mol. The summed E-state index contributed by atoms with van der Waals surface area (Å²) in [4.78, 5) is 0. The summed E-state index contributed by atoms with van der Waals surface area (Å²) in [6.07, 6.45) is 2.33. The largest absolute Gasteiger partial charge is 0.508 e. The highest BCUT2D eigenvalue weighted by Crippen LogP contribution is 2.51. The van der Waals surface area contributed by atoms with Crippen LogP contribution in [0.25, 0.3) is 11.1 Å². The van der Waals surface area contributed by atoms with Gasteiger partial charge in [0.15, 0.2) is 11.5 Å². The van der Waals surface area contributed by atoms with Gasteiger partial charge in [-0.05, 0) is 38.0 Å². The van der Waals surface area contributed by atoms with Crippen LogP contribution in [0.15, 0.2) is 35.9 Å². The molecule has 0 bridgehead atoms. The van der Waals surface area contributed by atoms with Gasteiger partial charge < -0.3 is 25.2 Å². The SMILES string of the molecule is COc1c(O)c(O)c(O)c(-c2ccc(O)cc2)c1CC=C(C)C. The summed E-state index contributed by atoms with van der Waals surface area (Å²) in [5.74, 6) is -1.35. The van der Waals surface area contributed by atoms with Crippen LogP contribution in [-0.2, 0) is 6.42 Å². The maximum Gasteiger partial charge on any atom is 0.204 e. The lowest BCUT2D eigenvalue weighted by Crippen LogP contribution is -1.97. The minimum Gasteiger partial charge on any atom is -0.508 e. The van der Waals surface area contributed by atoms with E-state index in [1.165, 1.54) is 19.2 Å². The Bertz CT molecular complexity index is 741. The third-order valence-corrected chi connectivity index (χ3v) is 3.55. The van der Waals surface area contributed by atoms with E-state index in [1.54, 1.807) is 12.1 Å². The number of aromatic hydroxyl groups is 4. The quantitative estimate of drug-likeness (QED) is 0.510. The minimum atomic E-state index is -0.633. The van der Waals surface area contributed by atoms with E-state index in [-0.39, 0.29) is 11.5 Å². The molecule has 0 heterocycles. The van der Waals surface area contributed by atoms with Gasteiger partial charge in [-0.1, -0.05) is 23.8 Å². The second-order valence-corrected chi connectivity index (χ2v) is 5.47. The van der Waals surface area contributed by atoms with Crippen LogP contribution < -0.4 is 4.74 Å². The second kappa shape index (κ2) is 6.52. The van der Waals surface area contributed by atoms with Crippen LogP contribution in [0.5, 0.6) is 28.7 Å². The fraction of sp³-hybridized carbons (Fsp3) is 0.222. The van der Waals surface area contributed by atoms with Crippen molar-refractivity contribution < 1.29 is 25.2 Å². The zero-order valence-corrected chi connectivity index (χ0v) is 13.3. The number of ether oxygens (including phenoxy) is 1. The van der Waals surface area contributed by atoms with Crippen LogP contribution in [0.3, 0.4) is 0 Å². The molecule has 4 N–H and O–H groups in total. The predicted molar refractivity (Wildman–Crippen MR) is 88.2 cm³/mol. The summed E-state index contributed by atoms with van der Waals surface area (Å²) < 4.78 is 5.23. The van der Waals surface area contributed by atoms with Crippen LogP contribution in [0.2, 0.25) is 0 Å². The number of hydrogen-bond acceptors (Lipinski definition) is 5.